The van der Waals surface area contributed by atoms with E-state index in [1.165, 1.54) is 12.1 Å². The van der Waals surface area contributed by atoms with Gasteiger partial charge in [0.2, 0.25) is 0 Å². The fraction of sp³-hybridized carbons (Fsp3) is 0.458. The Hall–Kier alpha value is -2.00. The molecule has 2 aliphatic rings. The van der Waals surface area contributed by atoms with Gasteiger partial charge in [0.05, 0.1) is 11.4 Å². The number of hydrogen-bond acceptors (Lipinski definition) is 3. The number of halogens is 2. The predicted molar refractivity (Wildman–Crippen MR) is 130 cm³/mol. The fourth-order valence-electron chi connectivity index (χ4n) is 4.84. The molecule has 2 aromatic rings. The molecule has 2 aliphatic carbocycles. The quantitative estimate of drug-likeness (QED) is 0.558. The number of hydrogen-bond donors (Lipinski definition) is 2. The Morgan fingerprint density at radius 2 is 1.88 bits per heavy atom. The summed E-state index contributed by atoms with van der Waals surface area (Å²) in [5, 5.41) is 5.34. The van der Waals surface area contributed by atoms with Gasteiger partial charge in [0, 0.05) is 24.7 Å². The van der Waals surface area contributed by atoms with Gasteiger partial charge in [-0.05, 0) is 91.5 Å². The number of aryl methyl sites for hydroxylation is 1. The molecule has 2 N–H and O–H groups in total. The zero-order chi connectivity index (χ0) is 23.6. The van der Waals surface area contributed by atoms with Crippen molar-refractivity contribution >= 4 is 27.9 Å². The Morgan fingerprint density at radius 1 is 1.18 bits per heavy atom. The molecule has 0 aliphatic heterocycles. The van der Waals surface area contributed by atoms with Crippen LogP contribution in [0.15, 0.2) is 47.0 Å². The minimum Gasteiger partial charge on any atom is -0.267 e. The van der Waals surface area contributed by atoms with Crippen molar-refractivity contribution in [1.82, 2.24) is 19.2 Å². The predicted octanol–water partition coefficient (Wildman–Crippen LogP) is 4.75. The van der Waals surface area contributed by atoms with E-state index in [0.29, 0.717) is 13.0 Å². The highest BCUT2D eigenvalue weighted by Crippen LogP contribution is 2.44. The van der Waals surface area contributed by atoms with E-state index in [2.05, 4.69) is 14.5 Å². The molecule has 33 heavy (non-hydrogen) atoms. The van der Waals surface area contributed by atoms with Crippen molar-refractivity contribution in [3.05, 3.63) is 58.5 Å². The average molecular weight is 493 g/mol. The van der Waals surface area contributed by atoms with Crippen molar-refractivity contribution in [3.8, 4) is 11.3 Å². The van der Waals surface area contributed by atoms with Crippen LogP contribution in [0.2, 0.25) is 0 Å². The summed E-state index contributed by atoms with van der Waals surface area (Å²) in [6.07, 6.45) is 8.03. The molecule has 1 aromatic carbocycles. The van der Waals surface area contributed by atoms with Crippen LogP contribution in [0.3, 0.4) is 0 Å². The topological polar surface area (TPSA) is 76.0 Å². The maximum atomic E-state index is 13.2. The van der Waals surface area contributed by atoms with E-state index in [-0.39, 0.29) is 23.7 Å². The minimum absolute atomic E-state index is 0.112. The van der Waals surface area contributed by atoms with Crippen LogP contribution in [-0.4, -0.2) is 30.8 Å². The molecule has 0 amide bonds. The number of aromatic nitrogens is 2. The lowest BCUT2D eigenvalue weighted by atomic mass is 9.95. The molecular weight excluding hydrogens is 463 g/mol. The molecule has 178 valence electrons. The summed E-state index contributed by atoms with van der Waals surface area (Å²) in [6, 6.07) is 8.18. The molecule has 1 unspecified atom stereocenters. The molecule has 1 heterocycles. The highest BCUT2D eigenvalue weighted by molar-refractivity contribution is 7.87. The van der Waals surface area contributed by atoms with Gasteiger partial charge < -0.3 is 0 Å². The lowest BCUT2D eigenvalue weighted by Crippen LogP contribution is -2.46. The van der Waals surface area contributed by atoms with Crippen LogP contribution < -0.4 is 9.44 Å². The van der Waals surface area contributed by atoms with Crippen LogP contribution in [0.1, 0.15) is 44.7 Å². The smallest absolute Gasteiger partial charge is 0.267 e. The van der Waals surface area contributed by atoms with Gasteiger partial charge in [-0.3, -0.25) is 4.68 Å². The molecule has 0 saturated heterocycles. The third-order valence-corrected chi connectivity index (χ3v) is 8.09. The molecule has 6 nitrogen and oxygen atoms in total. The van der Waals surface area contributed by atoms with Crippen molar-refractivity contribution in [2.24, 2.45) is 18.9 Å². The van der Waals surface area contributed by atoms with E-state index >= 15 is 0 Å². The Labute approximate surface area is 200 Å². The summed E-state index contributed by atoms with van der Waals surface area (Å²) >= 11 is 6.69. The fourth-order valence-corrected chi connectivity index (χ4v) is 6.48. The first kappa shape index (κ1) is 24.1. The zero-order valence-corrected chi connectivity index (χ0v) is 20.5. The van der Waals surface area contributed by atoms with Gasteiger partial charge in [0.25, 0.3) is 10.2 Å². The summed E-state index contributed by atoms with van der Waals surface area (Å²) in [7, 11) is -1.67. The van der Waals surface area contributed by atoms with E-state index in [0.717, 1.165) is 53.2 Å². The highest BCUT2D eigenvalue weighted by atomic mass is 35.5. The molecule has 3 atom stereocenters. The van der Waals surface area contributed by atoms with Crippen LogP contribution in [0, 0.1) is 17.7 Å². The largest absolute Gasteiger partial charge is 0.277 e. The normalized spacial score (nSPS) is 23.5. The molecule has 1 fully saturated rings. The summed E-state index contributed by atoms with van der Waals surface area (Å²) in [6.45, 7) is 2.36. The van der Waals surface area contributed by atoms with E-state index in [9.17, 15) is 12.8 Å². The molecular formula is C24H30ClFN4O2S. The SMILES string of the molecule is CCCNS(=O)(=O)NC1[C@@H]2CC[C@H]1CC(Cl)=C(/C=C/c1cc(-c3ccc(F)cc3)n(C)n1)C2. The van der Waals surface area contributed by atoms with Crippen molar-refractivity contribution < 1.29 is 12.8 Å². The van der Waals surface area contributed by atoms with E-state index < -0.39 is 10.2 Å². The van der Waals surface area contributed by atoms with E-state index in [4.69, 9.17) is 11.6 Å². The molecule has 2 bridgehead atoms. The lowest BCUT2D eigenvalue weighted by molar-refractivity contribution is 0.385. The number of allylic oxidation sites excluding steroid dienone is 3. The summed E-state index contributed by atoms with van der Waals surface area (Å²) in [5.41, 5.74) is 3.60. The van der Waals surface area contributed by atoms with Gasteiger partial charge in [-0.2, -0.15) is 18.2 Å². The molecule has 1 saturated carbocycles. The Balaban J connectivity index is 1.49. The van der Waals surface area contributed by atoms with Crippen molar-refractivity contribution in [3.63, 3.8) is 0 Å². The summed E-state index contributed by atoms with van der Waals surface area (Å²) < 4.78 is 45.4. The van der Waals surface area contributed by atoms with E-state index in [1.807, 2.05) is 32.2 Å². The number of nitrogens with zero attached hydrogens (tertiary/aromatic N) is 2. The zero-order valence-electron chi connectivity index (χ0n) is 18.9. The first-order valence-corrected chi connectivity index (χ1v) is 13.2. The van der Waals surface area contributed by atoms with Gasteiger partial charge >= 0.3 is 0 Å². The van der Waals surface area contributed by atoms with Crippen molar-refractivity contribution in [2.45, 2.75) is 45.1 Å². The number of nitrogens with one attached hydrogen (secondary N) is 2. The molecule has 1 aromatic heterocycles. The lowest BCUT2D eigenvalue weighted by Gasteiger charge is -2.23. The van der Waals surface area contributed by atoms with Crippen LogP contribution in [0.4, 0.5) is 4.39 Å². The molecule has 0 radical (unpaired) electrons. The Morgan fingerprint density at radius 3 is 2.58 bits per heavy atom. The number of benzene rings is 1. The molecule has 4 rings (SSSR count). The average Bonchev–Trinajstić information content (AvgIpc) is 3.28. The van der Waals surface area contributed by atoms with Crippen LogP contribution in [0.5, 0.6) is 0 Å². The highest BCUT2D eigenvalue weighted by Gasteiger charge is 2.41. The standard InChI is InChI=1S/C24H30ClFN4O2S/c1-3-12-27-33(31,32)29-24-18-4-5-19(24)14-22(25)17(13-18)8-11-21-15-23(30(2)28-21)16-6-9-20(26)10-7-16/h6-11,15,18-19,24,27,29H,3-5,12-14H2,1-2H3/b11-8+/t18-,19+,24?/m1/s1. The number of fused-ring (bicyclic) bond motifs is 2. The van der Waals surface area contributed by atoms with Crippen molar-refractivity contribution in [2.75, 3.05) is 6.54 Å². The Bertz CT molecular complexity index is 1160. The summed E-state index contributed by atoms with van der Waals surface area (Å²) in [5.74, 6) is 0.140. The monoisotopic (exact) mass is 492 g/mol. The number of rotatable bonds is 8. The Kier molecular flexibility index (Phi) is 7.38. The first-order chi connectivity index (χ1) is 15.8. The van der Waals surface area contributed by atoms with Gasteiger partial charge in [0.1, 0.15) is 5.82 Å². The van der Waals surface area contributed by atoms with Gasteiger partial charge in [-0.1, -0.05) is 24.6 Å². The van der Waals surface area contributed by atoms with E-state index in [1.54, 1.807) is 16.8 Å². The second kappa shape index (κ2) is 10.1. The third-order valence-electron chi connectivity index (χ3n) is 6.52. The van der Waals surface area contributed by atoms with Crippen LogP contribution in [0.25, 0.3) is 17.3 Å². The molecule has 0 spiro atoms. The maximum Gasteiger partial charge on any atom is 0.277 e. The minimum atomic E-state index is -3.52. The van der Waals surface area contributed by atoms with Crippen LogP contribution in [-0.2, 0) is 17.3 Å². The molecule has 9 heteroatoms. The van der Waals surface area contributed by atoms with Crippen molar-refractivity contribution in [1.29, 1.82) is 0 Å². The second-order valence-corrected chi connectivity index (χ2v) is 10.9. The summed E-state index contributed by atoms with van der Waals surface area (Å²) in [4.78, 5) is 0. The first-order valence-electron chi connectivity index (χ1n) is 11.4. The second-order valence-electron chi connectivity index (χ2n) is 8.90. The maximum absolute atomic E-state index is 13.2. The van der Waals surface area contributed by atoms with Crippen LogP contribution >= 0.6 is 11.6 Å². The van der Waals surface area contributed by atoms with Gasteiger partial charge in [0.15, 0.2) is 0 Å². The van der Waals surface area contributed by atoms with Gasteiger partial charge in [-0.25, -0.2) is 9.11 Å². The third kappa shape index (κ3) is 5.74. The van der Waals surface area contributed by atoms with Gasteiger partial charge in [-0.15, -0.1) is 0 Å².